The first-order valence-corrected chi connectivity index (χ1v) is 6.92. The van der Waals surface area contributed by atoms with Crippen LogP contribution in [0.5, 0.6) is 0 Å². The number of H-pyrrole nitrogens is 1. The molecule has 0 aliphatic carbocycles. The molecule has 3 rings (SSSR count). The molecule has 3 N–H and O–H groups in total. The third kappa shape index (κ3) is 2.28. The van der Waals surface area contributed by atoms with Gasteiger partial charge in [0, 0.05) is 22.6 Å². The second-order valence-electron chi connectivity index (χ2n) is 5.35. The second-order valence-corrected chi connectivity index (χ2v) is 5.35. The average molecular weight is 307 g/mol. The number of benzene rings is 1. The average Bonchev–Trinajstić information content (AvgIpc) is 2.96. The highest BCUT2D eigenvalue weighted by Crippen LogP contribution is 2.34. The van der Waals surface area contributed by atoms with Crippen LogP contribution in [0.1, 0.15) is 38.4 Å². The topological polar surface area (TPSA) is 106 Å². The van der Waals surface area contributed by atoms with E-state index in [0.717, 1.165) is 0 Å². The summed E-state index contributed by atoms with van der Waals surface area (Å²) in [6.07, 6.45) is 1.62. The van der Waals surface area contributed by atoms with Gasteiger partial charge in [-0.05, 0) is 43.7 Å². The molecule has 6 nitrogen and oxygen atoms in total. The Hall–Kier alpha value is -3.33. The van der Waals surface area contributed by atoms with Crippen molar-refractivity contribution in [3.63, 3.8) is 0 Å². The third-order valence-electron chi connectivity index (χ3n) is 3.91. The van der Waals surface area contributed by atoms with E-state index in [1.54, 1.807) is 38.1 Å². The minimum Gasteiger partial charge on any atom is -0.478 e. The van der Waals surface area contributed by atoms with Crippen molar-refractivity contribution in [1.82, 2.24) is 4.98 Å². The zero-order valence-corrected chi connectivity index (χ0v) is 12.5. The Balaban J connectivity index is 2.16. The summed E-state index contributed by atoms with van der Waals surface area (Å²) in [5.74, 6) is -1.29. The smallest absolute Gasteiger partial charge is 0.337 e. The first kappa shape index (κ1) is 14.6. The van der Waals surface area contributed by atoms with E-state index in [-0.39, 0.29) is 11.5 Å². The van der Waals surface area contributed by atoms with Crippen LogP contribution in [0.4, 0.5) is 5.69 Å². The standard InChI is InChI=1S/C17H13N3O3/c1-8-14(19-9(2)15(8)17(22)23)6-12-11-5-10(7-18)3-4-13(11)20-16(12)21/h3-6,19H,1-2H3,(H,20,21)(H,22,23)/b12-6-. The maximum atomic E-state index is 12.2. The molecule has 1 amide bonds. The van der Waals surface area contributed by atoms with Gasteiger partial charge in [-0.2, -0.15) is 5.26 Å². The van der Waals surface area contributed by atoms with Gasteiger partial charge in [0.1, 0.15) is 0 Å². The zero-order chi connectivity index (χ0) is 16.7. The molecule has 0 unspecified atom stereocenters. The second kappa shape index (κ2) is 5.14. The Morgan fingerprint density at radius 1 is 1.35 bits per heavy atom. The fourth-order valence-corrected chi connectivity index (χ4v) is 2.78. The molecule has 2 aromatic rings. The van der Waals surface area contributed by atoms with E-state index >= 15 is 0 Å². The fraction of sp³-hybridized carbons (Fsp3) is 0.118. The Labute approximate surface area is 132 Å². The summed E-state index contributed by atoms with van der Waals surface area (Å²) in [4.78, 5) is 26.5. The first-order valence-electron chi connectivity index (χ1n) is 6.92. The molecule has 0 radical (unpaired) electrons. The molecule has 1 aliphatic rings. The monoisotopic (exact) mass is 307 g/mol. The molecule has 0 bridgehead atoms. The molecule has 0 saturated carbocycles. The van der Waals surface area contributed by atoms with Gasteiger partial charge in [-0.25, -0.2) is 4.79 Å². The van der Waals surface area contributed by atoms with E-state index in [4.69, 9.17) is 5.26 Å². The molecular formula is C17H13N3O3. The predicted molar refractivity (Wildman–Crippen MR) is 84.9 cm³/mol. The van der Waals surface area contributed by atoms with Crippen LogP contribution in [-0.2, 0) is 4.79 Å². The van der Waals surface area contributed by atoms with Gasteiger partial charge in [0.05, 0.1) is 22.8 Å². The number of aromatic amines is 1. The van der Waals surface area contributed by atoms with Gasteiger partial charge in [-0.1, -0.05) is 0 Å². The van der Waals surface area contributed by atoms with Crippen LogP contribution < -0.4 is 5.32 Å². The van der Waals surface area contributed by atoms with E-state index in [0.29, 0.717) is 39.3 Å². The lowest BCUT2D eigenvalue weighted by Crippen LogP contribution is -2.03. The zero-order valence-electron chi connectivity index (χ0n) is 12.5. The summed E-state index contributed by atoms with van der Waals surface area (Å²) in [6.45, 7) is 3.37. The largest absolute Gasteiger partial charge is 0.478 e. The van der Waals surface area contributed by atoms with Gasteiger partial charge in [-0.15, -0.1) is 0 Å². The van der Waals surface area contributed by atoms with Gasteiger partial charge in [0.25, 0.3) is 5.91 Å². The summed E-state index contributed by atoms with van der Waals surface area (Å²) in [5, 5.41) is 21.0. The molecular weight excluding hydrogens is 294 g/mol. The molecule has 114 valence electrons. The van der Waals surface area contributed by atoms with Crippen molar-refractivity contribution in [2.75, 3.05) is 5.32 Å². The number of anilines is 1. The predicted octanol–water partition coefficient (Wildman–Crippen LogP) is 2.69. The number of nitriles is 1. The lowest BCUT2D eigenvalue weighted by molar-refractivity contribution is -0.110. The molecule has 0 atom stereocenters. The van der Waals surface area contributed by atoms with Crippen LogP contribution >= 0.6 is 0 Å². The number of nitrogens with one attached hydrogen (secondary N) is 2. The van der Waals surface area contributed by atoms with Crippen molar-refractivity contribution < 1.29 is 14.7 Å². The number of carbonyl (C=O) groups is 2. The van der Waals surface area contributed by atoms with E-state index in [1.807, 2.05) is 6.07 Å². The van der Waals surface area contributed by atoms with Crippen molar-refractivity contribution in [1.29, 1.82) is 5.26 Å². The number of aryl methyl sites for hydroxylation is 1. The quantitative estimate of drug-likeness (QED) is 0.741. The van der Waals surface area contributed by atoms with Gasteiger partial charge in [-0.3, -0.25) is 4.79 Å². The molecule has 23 heavy (non-hydrogen) atoms. The minimum absolute atomic E-state index is 0.209. The lowest BCUT2D eigenvalue weighted by atomic mass is 10.0. The van der Waals surface area contributed by atoms with Crippen LogP contribution in [0.15, 0.2) is 18.2 Å². The van der Waals surface area contributed by atoms with Crippen LogP contribution in [0.2, 0.25) is 0 Å². The maximum absolute atomic E-state index is 12.2. The number of aromatic nitrogens is 1. The Kier molecular flexibility index (Phi) is 3.26. The van der Waals surface area contributed by atoms with Crippen molar-refractivity contribution in [2.24, 2.45) is 0 Å². The van der Waals surface area contributed by atoms with Crippen molar-refractivity contribution in [3.8, 4) is 6.07 Å². The number of hydrogen-bond acceptors (Lipinski definition) is 3. The summed E-state index contributed by atoms with van der Waals surface area (Å²) < 4.78 is 0. The molecule has 6 heteroatoms. The molecule has 0 spiro atoms. The number of fused-ring (bicyclic) bond motifs is 1. The third-order valence-corrected chi connectivity index (χ3v) is 3.91. The number of carboxylic acids is 1. The van der Waals surface area contributed by atoms with Gasteiger partial charge in [0.15, 0.2) is 0 Å². The molecule has 2 heterocycles. The highest BCUT2D eigenvalue weighted by Gasteiger charge is 2.25. The van der Waals surface area contributed by atoms with Crippen LogP contribution in [0.3, 0.4) is 0 Å². The summed E-state index contributed by atoms with van der Waals surface area (Å²) in [5.41, 5.74) is 4.01. The number of nitrogens with zero attached hydrogens (tertiary/aromatic N) is 1. The van der Waals surface area contributed by atoms with Crippen molar-refractivity contribution in [2.45, 2.75) is 13.8 Å². The van der Waals surface area contributed by atoms with E-state index in [2.05, 4.69) is 10.3 Å². The normalized spacial score (nSPS) is 14.5. The van der Waals surface area contributed by atoms with E-state index in [1.165, 1.54) is 0 Å². The number of carboxylic acid groups (broad SMARTS) is 1. The minimum atomic E-state index is -1.01. The summed E-state index contributed by atoms with van der Waals surface area (Å²) in [6, 6.07) is 7.00. The van der Waals surface area contributed by atoms with Crippen molar-refractivity contribution in [3.05, 3.63) is 51.8 Å². The van der Waals surface area contributed by atoms with Gasteiger partial charge in [0.2, 0.25) is 0 Å². The Bertz CT molecular complexity index is 929. The molecule has 1 aliphatic heterocycles. The first-order chi connectivity index (χ1) is 10.9. The van der Waals surface area contributed by atoms with E-state index in [9.17, 15) is 14.7 Å². The molecule has 0 saturated heterocycles. The number of aromatic carboxylic acids is 1. The maximum Gasteiger partial charge on any atom is 0.337 e. The Morgan fingerprint density at radius 3 is 2.70 bits per heavy atom. The van der Waals surface area contributed by atoms with Crippen LogP contribution in [0, 0.1) is 25.2 Å². The summed E-state index contributed by atoms with van der Waals surface area (Å²) in [7, 11) is 0. The number of carbonyl (C=O) groups excluding carboxylic acids is 1. The molecule has 1 aromatic carbocycles. The van der Waals surface area contributed by atoms with Crippen LogP contribution in [0.25, 0.3) is 11.6 Å². The van der Waals surface area contributed by atoms with Crippen molar-refractivity contribution >= 4 is 29.2 Å². The highest BCUT2D eigenvalue weighted by molar-refractivity contribution is 6.35. The van der Waals surface area contributed by atoms with Gasteiger partial charge >= 0.3 is 5.97 Å². The number of hydrogen-bond donors (Lipinski definition) is 3. The highest BCUT2D eigenvalue weighted by atomic mass is 16.4. The number of amides is 1. The summed E-state index contributed by atoms with van der Waals surface area (Å²) >= 11 is 0. The van der Waals surface area contributed by atoms with E-state index < -0.39 is 5.97 Å². The Morgan fingerprint density at radius 2 is 2.09 bits per heavy atom. The number of rotatable bonds is 2. The lowest BCUT2D eigenvalue weighted by Gasteiger charge is -1.99. The molecule has 1 aromatic heterocycles. The van der Waals surface area contributed by atoms with Crippen LogP contribution in [-0.4, -0.2) is 22.0 Å². The fourth-order valence-electron chi connectivity index (χ4n) is 2.78. The SMILES string of the molecule is Cc1[nH]c(/C=C2\C(=O)Nc3ccc(C#N)cc32)c(C)c1C(=O)O. The van der Waals surface area contributed by atoms with Gasteiger partial charge < -0.3 is 15.4 Å². The molecule has 0 fully saturated rings.